The smallest absolute Gasteiger partial charge is 0.108 e. The zero-order valence-corrected chi connectivity index (χ0v) is 24.8. The quantitative estimate of drug-likeness (QED) is 0.141. The molecule has 0 heterocycles. The van der Waals surface area contributed by atoms with Gasteiger partial charge in [0.1, 0.15) is 6.15 Å². The summed E-state index contributed by atoms with van der Waals surface area (Å²) in [5.74, 6) is 0. The van der Waals surface area contributed by atoms with E-state index in [-0.39, 0.29) is 0 Å². The molecule has 7 rings (SSSR count). The van der Waals surface area contributed by atoms with Gasteiger partial charge in [-0.05, 0) is 35.9 Å². The molecule has 0 aliphatic heterocycles. The van der Waals surface area contributed by atoms with Crippen molar-refractivity contribution in [1.82, 2.24) is 0 Å². The van der Waals surface area contributed by atoms with E-state index in [1.54, 1.807) is 0 Å². The molecule has 0 spiro atoms. The van der Waals surface area contributed by atoms with Gasteiger partial charge in [0.05, 0.1) is 11.1 Å². The predicted octanol–water partition coefficient (Wildman–Crippen LogP) is 8.37. The van der Waals surface area contributed by atoms with E-state index >= 15 is 0 Å². The summed E-state index contributed by atoms with van der Waals surface area (Å²) < 4.78 is 0. The Balaban J connectivity index is 0.000000162. The third-order valence-electron chi connectivity index (χ3n) is 8.41. The van der Waals surface area contributed by atoms with E-state index in [0.717, 1.165) is 0 Å². The second kappa shape index (κ2) is 14.1. The van der Waals surface area contributed by atoms with Crippen LogP contribution >= 0.6 is 0 Å². The summed E-state index contributed by atoms with van der Waals surface area (Å²) in [7, 11) is 0. The highest BCUT2D eigenvalue weighted by Gasteiger charge is 2.31. The van der Waals surface area contributed by atoms with E-state index in [2.05, 4.69) is 200 Å². The van der Waals surface area contributed by atoms with Crippen LogP contribution < -0.4 is 21.9 Å². The topological polar surface area (TPSA) is 0 Å². The van der Waals surface area contributed by atoms with Crippen molar-refractivity contribution in [3.05, 3.63) is 212 Å². The largest absolute Gasteiger partial charge is 0.195 e. The maximum absolute atomic E-state index is 2.26. The Morgan fingerprint density at radius 3 is 1.00 bits per heavy atom. The molecule has 0 aromatic heterocycles. The van der Waals surface area contributed by atoms with E-state index in [1.165, 1.54) is 44.1 Å². The first kappa shape index (κ1) is 28.6. The fourth-order valence-corrected chi connectivity index (χ4v) is 6.31. The van der Waals surface area contributed by atoms with Crippen molar-refractivity contribution in [2.45, 2.75) is 0 Å². The van der Waals surface area contributed by atoms with Gasteiger partial charge in [-0.3, -0.25) is 0 Å². The number of hydrogen-bond acceptors (Lipinski definition) is 0. The molecule has 44 heavy (non-hydrogen) atoms. The van der Waals surface area contributed by atoms with Crippen LogP contribution in [0.5, 0.6) is 0 Å². The molecular weight excluding hydrogens is 527 g/mol. The molecule has 0 unspecified atom stereocenters. The molecule has 0 saturated heterocycles. The SMILES string of the molecule is c1ccc(-c2ccc[c+](-c3ccccc3)cc2)cc1.c1ccc([B-](c2ccccc2)(c2ccccc2)c2ccccc2)cc1. The molecule has 0 saturated carbocycles. The number of rotatable bonds is 6. The molecular formula is C43H35B. The van der Waals surface area contributed by atoms with Crippen molar-refractivity contribution in [1.29, 1.82) is 0 Å². The summed E-state index contributed by atoms with van der Waals surface area (Å²) in [6.07, 6.45) is -1.22. The maximum Gasteiger partial charge on any atom is 0.108 e. The average molecular weight is 563 g/mol. The first-order valence-corrected chi connectivity index (χ1v) is 15.3. The number of hydrogen-bond donors (Lipinski definition) is 0. The van der Waals surface area contributed by atoms with Gasteiger partial charge in [0.15, 0.2) is 0 Å². The highest BCUT2D eigenvalue weighted by molar-refractivity contribution is 7.19. The average Bonchev–Trinajstić information content (AvgIpc) is 3.38. The summed E-state index contributed by atoms with van der Waals surface area (Å²) in [5, 5.41) is 0. The van der Waals surface area contributed by atoms with Crippen molar-refractivity contribution < 1.29 is 0 Å². The summed E-state index contributed by atoms with van der Waals surface area (Å²) in [6.45, 7) is 0. The molecule has 1 heteroatoms. The Morgan fingerprint density at radius 1 is 0.273 bits per heavy atom. The molecule has 7 aromatic rings. The van der Waals surface area contributed by atoms with E-state index in [9.17, 15) is 0 Å². The van der Waals surface area contributed by atoms with Gasteiger partial charge >= 0.3 is 0 Å². The van der Waals surface area contributed by atoms with Gasteiger partial charge in [-0.15, -0.1) is 0 Å². The first-order chi connectivity index (χ1) is 21.9. The van der Waals surface area contributed by atoms with Gasteiger partial charge in [0.2, 0.25) is 0 Å². The van der Waals surface area contributed by atoms with Gasteiger partial charge in [-0.1, -0.05) is 152 Å². The molecule has 0 amide bonds. The minimum Gasteiger partial charge on any atom is -0.195 e. The molecule has 0 nitrogen and oxygen atoms in total. The molecule has 0 aliphatic rings. The Kier molecular flexibility index (Phi) is 9.16. The normalized spacial score (nSPS) is 10.7. The summed E-state index contributed by atoms with van der Waals surface area (Å²) in [4.78, 5) is 0. The lowest BCUT2D eigenvalue weighted by molar-refractivity contribution is 1.65. The Morgan fingerprint density at radius 2 is 0.591 bits per heavy atom. The third-order valence-corrected chi connectivity index (χ3v) is 8.41. The van der Waals surface area contributed by atoms with Gasteiger partial charge in [0.25, 0.3) is 0 Å². The Bertz CT molecular complexity index is 1640. The molecule has 0 aliphatic carbocycles. The molecule has 0 fully saturated rings. The van der Waals surface area contributed by atoms with E-state index in [1.807, 2.05) is 12.1 Å². The lowest BCUT2D eigenvalue weighted by Crippen LogP contribution is -2.74. The Labute approximate surface area is 261 Å². The van der Waals surface area contributed by atoms with Crippen LogP contribution in [0.15, 0.2) is 212 Å². The van der Waals surface area contributed by atoms with Gasteiger partial charge in [-0.2, -0.15) is 21.9 Å². The molecule has 0 bridgehead atoms. The van der Waals surface area contributed by atoms with Crippen LogP contribution in [0, 0.1) is 0 Å². The van der Waals surface area contributed by atoms with Gasteiger partial charge < -0.3 is 0 Å². The summed E-state index contributed by atoms with van der Waals surface area (Å²) >= 11 is 0. The van der Waals surface area contributed by atoms with Crippen molar-refractivity contribution in [3.63, 3.8) is 0 Å². The van der Waals surface area contributed by atoms with Crippen molar-refractivity contribution in [2.24, 2.45) is 0 Å². The zero-order chi connectivity index (χ0) is 29.9. The van der Waals surface area contributed by atoms with Crippen molar-refractivity contribution in [3.8, 4) is 22.3 Å². The lowest BCUT2D eigenvalue weighted by atomic mass is 9.13. The Hall–Kier alpha value is -5.53. The minimum atomic E-state index is -1.22. The summed E-state index contributed by atoms with van der Waals surface area (Å²) in [6, 6.07) is 75.2. The molecule has 0 radical (unpaired) electrons. The van der Waals surface area contributed by atoms with Crippen LogP contribution in [0.25, 0.3) is 22.3 Å². The van der Waals surface area contributed by atoms with Crippen LogP contribution in [-0.4, -0.2) is 6.15 Å². The monoisotopic (exact) mass is 562 g/mol. The second-order valence-electron chi connectivity index (χ2n) is 11.0. The fourth-order valence-electron chi connectivity index (χ4n) is 6.31. The zero-order valence-electron chi connectivity index (χ0n) is 24.8. The van der Waals surface area contributed by atoms with Gasteiger partial charge in [0, 0.05) is 35.9 Å². The molecule has 0 N–H and O–H groups in total. The highest BCUT2D eigenvalue weighted by Crippen LogP contribution is 2.22. The standard InChI is InChI=1S/C24H20B.C19H15/c1-5-13-21(14-6-1)25(22-15-7-2-8-16-22,23-17-9-3-10-18-23)24-19-11-4-12-20-24;1-3-8-16(9-4-1)18-12-7-13-19(15-14-18)17-10-5-2-6-11-17/h1-20H;1-15H/q-1;+1. The van der Waals surface area contributed by atoms with Crippen LogP contribution in [0.1, 0.15) is 0 Å². The van der Waals surface area contributed by atoms with E-state index < -0.39 is 6.15 Å². The van der Waals surface area contributed by atoms with Crippen LogP contribution in [0.4, 0.5) is 0 Å². The molecule has 210 valence electrons. The predicted molar refractivity (Wildman–Crippen MR) is 192 cm³/mol. The number of benzene rings is 6. The van der Waals surface area contributed by atoms with Crippen LogP contribution in [0.2, 0.25) is 0 Å². The van der Waals surface area contributed by atoms with E-state index in [4.69, 9.17) is 0 Å². The van der Waals surface area contributed by atoms with Crippen molar-refractivity contribution in [2.75, 3.05) is 0 Å². The minimum absolute atomic E-state index is 1.22. The van der Waals surface area contributed by atoms with Gasteiger partial charge in [-0.25, -0.2) is 0 Å². The third kappa shape index (κ3) is 6.28. The summed E-state index contributed by atoms with van der Waals surface area (Å²) in [5.41, 5.74) is 10.3. The highest BCUT2D eigenvalue weighted by atomic mass is 14.1. The van der Waals surface area contributed by atoms with Crippen molar-refractivity contribution >= 4 is 28.0 Å². The second-order valence-corrected chi connectivity index (χ2v) is 11.0. The lowest BCUT2D eigenvalue weighted by Gasteiger charge is -2.44. The fraction of sp³-hybridized carbons (Fsp3) is 0. The van der Waals surface area contributed by atoms with Crippen LogP contribution in [0.3, 0.4) is 0 Å². The maximum atomic E-state index is 2.26. The van der Waals surface area contributed by atoms with E-state index in [0.29, 0.717) is 0 Å². The molecule has 7 aromatic carbocycles. The van der Waals surface area contributed by atoms with Crippen LogP contribution in [-0.2, 0) is 0 Å². The first-order valence-electron chi connectivity index (χ1n) is 15.3. The molecule has 0 atom stereocenters.